The molecule has 0 saturated heterocycles. The summed E-state index contributed by atoms with van der Waals surface area (Å²) >= 11 is 0. The topological polar surface area (TPSA) is 80.4 Å². The maximum atomic E-state index is 10.8. The van der Waals surface area contributed by atoms with Gasteiger partial charge in [0.15, 0.2) is 6.29 Å². The first-order valence-electron chi connectivity index (χ1n) is 4.49. The molecule has 5 nitrogen and oxygen atoms in total. The van der Waals surface area contributed by atoms with Crippen LogP contribution in [-0.4, -0.2) is 16.3 Å². The van der Waals surface area contributed by atoms with Crippen molar-refractivity contribution in [1.29, 1.82) is 0 Å². The molecule has 80 valence electrons. The molecule has 0 spiro atoms. The largest absolute Gasteiger partial charge is 0.502 e. The third-order valence-electron chi connectivity index (χ3n) is 2.35. The van der Waals surface area contributed by atoms with Crippen molar-refractivity contribution in [1.82, 2.24) is 0 Å². The number of aldehydes is 1. The minimum atomic E-state index is -0.714. The lowest BCUT2D eigenvalue weighted by Gasteiger charge is -2.04. The van der Waals surface area contributed by atoms with Crippen molar-refractivity contribution in [2.75, 3.05) is 0 Å². The molecule has 0 aliphatic carbocycles. The molecule has 2 aromatic carbocycles. The van der Waals surface area contributed by atoms with Crippen LogP contribution in [0.25, 0.3) is 10.8 Å². The van der Waals surface area contributed by atoms with Gasteiger partial charge in [-0.05, 0) is 5.39 Å². The minimum absolute atomic E-state index is 0.195. The molecule has 0 aliphatic heterocycles. The maximum Gasteiger partial charge on any atom is 0.312 e. The number of nitrogens with zero attached hydrogens (tertiary/aromatic N) is 1. The van der Waals surface area contributed by atoms with E-state index in [0.717, 1.165) is 6.07 Å². The second-order valence-electron chi connectivity index (χ2n) is 3.25. The van der Waals surface area contributed by atoms with E-state index in [0.29, 0.717) is 17.1 Å². The number of rotatable bonds is 2. The standard InChI is InChI=1S/C11H7NO4/c13-6-7-5-10(12(15)16)11(14)9-4-2-1-3-8(7)9/h1-6,14H. The molecule has 16 heavy (non-hydrogen) atoms. The summed E-state index contributed by atoms with van der Waals surface area (Å²) < 4.78 is 0. The number of phenols is 1. The Hall–Kier alpha value is -2.43. The first-order valence-corrected chi connectivity index (χ1v) is 4.49. The number of hydrogen-bond donors (Lipinski definition) is 1. The molecule has 0 amide bonds. The summed E-state index contributed by atoms with van der Waals surface area (Å²) in [6.45, 7) is 0. The van der Waals surface area contributed by atoms with Crippen molar-refractivity contribution in [3.8, 4) is 5.75 Å². The normalized spacial score (nSPS) is 10.2. The smallest absolute Gasteiger partial charge is 0.312 e. The van der Waals surface area contributed by atoms with Crippen LogP contribution in [-0.2, 0) is 0 Å². The van der Waals surface area contributed by atoms with Crippen LogP contribution in [0.4, 0.5) is 5.69 Å². The molecule has 0 saturated carbocycles. The van der Waals surface area contributed by atoms with Gasteiger partial charge in [-0.25, -0.2) is 0 Å². The fourth-order valence-electron chi connectivity index (χ4n) is 1.61. The number of fused-ring (bicyclic) bond motifs is 1. The molecule has 0 atom stereocenters. The first-order chi connectivity index (χ1) is 7.65. The van der Waals surface area contributed by atoms with Crippen molar-refractivity contribution >= 4 is 22.7 Å². The van der Waals surface area contributed by atoms with Gasteiger partial charge in [0.2, 0.25) is 5.75 Å². The van der Waals surface area contributed by atoms with Gasteiger partial charge in [-0.3, -0.25) is 14.9 Å². The summed E-state index contributed by atoms with van der Waals surface area (Å²) in [5.74, 6) is -0.411. The fraction of sp³-hybridized carbons (Fsp3) is 0. The van der Waals surface area contributed by atoms with Gasteiger partial charge in [0.25, 0.3) is 0 Å². The predicted octanol–water partition coefficient (Wildman–Crippen LogP) is 2.27. The lowest BCUT2D eigenvalue weighted by molar-refractivity contribution is -0.385. The molecule has 0 radical (unpaired) electrons. The predicted molar refractivity (Wildman–Crippen MR) is 57.7 cm³/mol. The van der Waals surface area contributed by atoms with E-state index in [9.17, 15) is 20.0 Å². The Morgan fingerprint density at radius 2 is 1.88 bits per heavy atom. The lowest BCUT2D eigenvalue weighted by atomic mass is 10.0. The average molecular weight is 217 g/mol. The van der Waals surface area contributed by atoms with Crippen molar-refractivity contribution in [2.24, 2.45) is 0 Å². The van der Waals surface area contributed by atoms with Crippen LogP contribution in [0.3, 0.4) is 0 Å². The molecule has 0 aliphatic rings. The number of carbonyl (C=O) groups is 1. The van der Waals surface area contributed by atoms with Gasteiger partial charge in [0, 0.05) is 17.0 Å². The molecule has 0 unspecified atom stereocenters. The molecule has 0 heterocycles. The molecule has 0 fully saturated rings. The number of benzene rings is 2. The summed E-state index contributed by atoms with van der Waals surface area (Å²) in [6.07, 6.45) is 0.536. The maximum absolute atomic E-state index is 10.8. The fourth-order valence-corrected chi connectivity index (χ4v) is 1.61. The molecule has 5 heteroatoms. The van der Waals surface area contributed by atoms with E-state index < -0.39 is 16.4 Å². The van der Waals surface area contributed by atoms with E-state index in [-0.39, 0.29) is 5.56 Å². The Kier molecular flexibility index (Phi) is 2.28. The summed E-state index contributed by atoms with van der Waals surface area (Å²) in [7, 11) is 0. The van der Waals surface area contributed by atoms with E-state index in [1.807, 2.05) is 0 Å². The second kappa shape index (κ2) is 3.62. The van der Waals surface area contributed by atoms with Crippen LogP contribution in [0.15, 0.2) is 30.3 Å². The number of phenolic OH excluding ortho intramolecular Hbond substituents is 1. The molecule has 0 bridgehead atoms. The summed E-state index contributed by atoms with van der Waals surface area (Å²) in [5.41, 5.74) is -0.263. The minimum Gasteiger partial charge on any atom is -0.502 e. The molecule has 1 N–H and O–H groups in total. The first kappa shape index (κ1) is 10.1. The van der Waals surface area contributed by atoms with Gasteiger partial charge in [0.1, 0.15) is 0 Å². The van der Waals surface area contributed by atoms with Gasteiger partial charge < -0.3 is 5.11 Å². The zero-order chi connectivity index (χ0) is 11.7. The van der Waals surface area contributed by atoms with Gasteiger partial charge in [-0.1, -0.05) is 24.3 Å². The van der Waals surface area contributed by atoms with Gasteiger partial charge >= 0.3 is 5.69 Å². The SMILES string of the molecule is O=Cc1cc([N+](=O)[O-])c(O)c2ccccc12. The second-order valence-corrected chi connectivity index (χ2v) is 3.25. The summed E-state index contributed by atoms with van der Waals surface area (Å²) in [4.78, 5) is 20.8. The highest BCUT2D eigenvalue weighted by atomic mass is 16.6. The number of aromatic hydroxyl groups is 1. The van der Waals surface area contributed by atoms with E-state index in [4.69, 9.17) is 0 Å². The highest BCUT2D eigenvalue weighted by Crippen LogP contribution is 2.35. The van der Waals surface area contributed by atoms with Crippen LogP contribution < -0.4 is 0 Å². The number of carbonyl (C=O) groups excluding carboxylic acids is 1. The van der Waals surface area contributed by atoms with E-state index in [1.165, 1.54) is 6.07 Å². The van der Waals surface area contributed by atoms with Crippen molar-refractivity contribution in [2.45, 2.75) is 0 Å². The molecular weight excluding hydrogens is 210 g/mol. The van der Waals surface area contributed by atoms with Crippen molar-refractivity contribution in [3.63, 3.8) is 0 Å². The Morgan fingerprint density at radius 3 is 2.44 bits per heavy atom. The van der Waals surface area contributed by atoms with Crippen LogP contribution in [0.5, 0.6) is 5.75 Å². The Morgan fingerprint density at radius 1 is 1.25 bits per heavy atom. The Labute approximate surface area is 90.1 Å². The lowest BCUT2D eigenvalue weighted by Crippen LogP contribution is -1.93. The number of hydrogen-bond acceptors (Lipinski definition) is 4. The molecular formula is C11H7NO4. The third kappa shape index (κ3) is 1.38. The van der Waals surface area contributed by atoms with Gasteiger partial charge in [-0.15, -0.1) is 0 Å². The molecule has 0 aromatic heterocycles. The zero-order valence-electron chi connectivity index (χ0n) is 8.08. The third-order valence-corrected chi connectivity index (χ3v) is 2.35. The number of nitro groups is 1. The van der Waals surface area contributed by atoms with E-state index in [2.05, 4.69) is 0 Å². The average Bonchev–Trinajstić information content (AvgIpc) is 2.29. The Balaban J connectivity index is 2.93. The van der Waals surface area contributed by atoms with Crippen molar-refractivity contribution in [3.05, 3.63) is 46.0 Å². The van der Waals surface area contributed by atoms with Crippen LogP contribution >= 0.6 is 0 Å². The summed E-state index contributed by atoms with van der Waals surface area (Å²) in [5, 5.41) is 21.2. The molecule has 2 aromatic rings. The van der Waals surface area contributed by atoms with Gasteiger partial charge in [-0.2, -0.15) is 0 Å². The van der Waals surface area contributed by atoms with E-state index in [1.54, 1.807) is 18.2 Å². The zero-order valence-corrected chi connectivity index (χ0v) is 8.08. The summed E-state index contributed by atoms with van der Waals surface area (Å²) in [6, 6.07) is 7.57. The van der Waals surface area contributed by atoms with Crippen LogP contribution in [0, 0.1) is 10.1 Å². The van der Waals surface area contributed by atoms with Crippen LogP contribution in [0.1, 0.15) is 10.4 Å². The quantitative estimate of drug-likeness (QED) is 0.475. The Bertz CT molecular complexity index is 592. The monoisotopic (exact) mass is 217 g/mol. The highest BCUT2D eigenvalue weighted by molar-refractivity contribution is 6.03. The van der Waals surface area contributed by atoms with Gasteiger partial charge in [0.05, 0.1) is 4.92 Å². The highest BCUT2D eigenvalue weighted by Gasteiger charge is 2.18. The number of nitro benzene ring substituents is 1. The molecule has 2 rings (SSSR count). The van der Waals surface area contributed by atoms with E-state index >= 15 is 0 Å². The van der Waals surface area contributed by atoms with Crippen LogP contribution in [0.2, 0.25) is 0 Å². The van der Waals surface area contributed by atoms with Crippen molar-refractivity contribution < 1.29 is 14.8 Å².